The third-order valence-corrected chi connectivity index (χ3v) is 5.86. The number of ether oxygens (including phenoxy) is 1. The number of hydrogen-bond acceptors (Lipinski definition) is 5. The Morgan fingerprint density at radius 2 is 1.80 bits per heavy atom. The van der Waals surface area contributed by atoms with Gasteiger partial charge in [0.2, 0.25) is 5.78 Å². The monoisotopic (exact) mass is 419 g/mol. The van der Waals surface area contributed by atoms with Gasteiger partial charge in [-0.3, -0.25) is 9.59 Å². The normalized spacial score (nSPS) is 16.2. The first-order valence-electron chi connectivity index (χ1n) is 9.69. The van der Waals surface area contributed by atoms with Gasteiger partial charge in [-0.2, -0.15) is 0 Å². The van der Waals surface area contributed by atoms with Crippen LogP contribution >= 0.6 is 11.3 Å². The summed E-state index contributed by atoms with van der Waals surface area (Å²) in [5.74, 6) is -0.648. The SMILES string of the molecule is CCOc1ccc(C2C(C(=O)c3cccs3)=C(O)C(=O)N2Cc2ccccc2)cc1. The maximum absolute atomic E-state index is 13.2. The molecule has 1 amide bonds. The van der Waals surface area contributed by atoms with Gasteiger partial charge in [0.1, 0.15) is 5.75 Å². The molecule has 30 heavy (non-hydrogen) atoms. The van der Waals surface area contributed by atoms with Crippen molar-refractivity contribution >= 4 is 23.0 Å². The Balaban J connectivity index is 1.76. The topological polar surface area (TPSA) is 66.8 Å². The number of carbonyl (C=O) groups is 2. The number of ketones is 1. The summed E-state index contributed by atoms with van der Waals surface area (Å²) < 4.78 is 5.51. The molecular formula is C24H21NO4S. The van der Waals surface area contributed by atoms with E-state index in [1.54, 1.807) is 22.4 Å². The van der Waals surface area contributed by atoms with Crippen molar-refractivity contribution in [3.63, 3.8) is 0 Å². The number of hydrogen-bond donors (Lipinski definition) is 1. The van der Waals surface area contributed by atoms with Gasteiger partial charge in [-0.25, -0.2) is 0 Å². The van der Waals surface area contributed by atoms with Crippen molar-refractivity contribution in [3.8, 4) is 5.75 Å². The largest absolute Gasteiger partial charge is 0.503 e. The highest BCUT2D eigenvalue weighted by Gasteiger charge is 2.43. The van der Waals surface area contributed by atoms with Crippen LogP contribution in [0.15, 0.2) is 83.4 Å². The Morgan fingerprint density at radius 3 is 2.43 bits per heavy atom. The van der Waals surface area contributed by atoms with Gasteiger partial charge in [0.05, 0.1) is 23.1 Å². The van der Waals surface area contributed by atoms with E-state index in [1.165, 1.54) is 11.3 Å². The van der Waals surface area contributed by atoms with Crippen molar-refractivity contribution in [1.29, 1.82) is 0 Å². The fraction of sp³-hybridized carbons (Fsp3) is 0.167. The number of amides is 1. The van der Waals surface area contributed by atoms with Crippen LogP contribution in [0.4, 0.5) is 0 Å². The molecule has 5 nitrogen and oxygen atoms in total. The predicted octanol–water partition coefficient (Wildman–Crippen LogP) is 4.93. The van der Waals surface area contributed by atoms with Crippen LogP contribution < -0.4 is 4.74 Å². The van der Waals surface area contributed by atoms with Gasteiger partial charge in [0.25, 0.3) is 5.91 Å². The Bertz CT molecular complexity index is 1070. The first-order chi connectivity index (χ1) is 14.6. The number of thiophene rings is 1. The lowest BCUT2D eigenvalue weighted by atomic mass is 9.95. The minimum atomic E-state index is -0.678. The highest BCUT2D eigenvalue weighted by Crippen LogP contribution is 2.40. The quantitative estimate of drug-likeness (QED) is 0.552. The minimum Gasteiger partial charge on any atom is -0.503 e. The van der Waals surface area contributed by atoms with Crippen LogP contribution in [0.25, 0.3) is 0 Å². The summed E-state index contributed by atoms with van der Waals surface area (Å²) in [6.07, 6.45) is 0. The molecule has 1 aliphatic rings. The predicted molar refractivity (Wildman–Crippen MR) is 116 cm³/mol. The van der Waals surface area contributed by atoms with Crippen molar-refractivity contribution < 1.29 is 19.4 Å². The second-order valence-electron chi connectivity index (χ2n) is 6.89. The summed E-state index contributed by atoms with van der Waals surface area (Å²) in [5, 5.41) is 12.5. The summed E-state index contributed by atoms with van der Waals surface area (Å²) in [6, 6.07) is 19.6. The van der Waals surface area contributed by atoms with Crippen LogP contribution in [0.1, 0.15) is 33.8 Å². The Labute approximate surface area is 178 Å². The van der Waals surface area contributed by atoms with Gasteiger partial charge in [0, 0.05) is 6.54 Å². The Hall–Kier alpha value is -3.38. The summed E-state index contributed by atoms with van der Waals surface area (Å²) in [7, 11) is 0. The first-order valence-corrected chi connectivity index (χ1v) is 10.6. The second kappa shape index (κ2) is 8.55. The molecule has 1 unspecified atom stereocenters. The number of carbonyl (C=O) groups excluding carboxylic acids is 2. The Morgan fingerprint density at radius 1 is 1.07 bits per heavy atom. The van der Waals surface area contributed by atoms with Gasteiger partial charge < -0.3 is 14.7 Å². The lowest BCUT2D eigenvalue weighted by Crippen LogP contribution is -2.30. The molecule has 2 aromatic carbocycles. The lowest BCUT2D eigenvalue weighted by Gasteiger charge is -2.27. The third kappa shape index (κ3) is 3.74. The molecule has 2 heterocycles. The molecular weight excluding hydrogens is 398 g/mol. The van der Waals surface area contributed by atoms with Crippen molar-refractivity contribution in [2.75, 3.05) is 6.61 Å². The highest BCUT2D eigenvalue weighted by atomic mass is 32.1. The molecule has 1 N–H and O–H groups in total. The van der Waals surface area contributed by atoms with E-state index in [9.17, 15) is 14.7 Å². The average molecular weight is 420 g/mol. The fourth-order valence-corrected chi connectivity index (χ4v) is 4.31. The van der Waals surface area contributed by atoms with Gasteiger partial charge >= 0.3 is 0 Å². The zero-order valence-corrected chi connectivity index (χ0v) is 17.3. The lowest BCUT2D eigenvalue weighted by molar-refractivity contribution is -0.130. The van der Waals surface area contributed by atoms with Gasteiger partial charge in [0.15, 0.2) is 5.76 Å². The van der Waals surface area contributed by atoms with Crippen LogP contribution in [-0.2, 0) is 11.3 Å². The summed E-state index contributed by atoms with van der Waals surface area (Å²) in [5.41, 5.74) is 1.77. The molecule has 0 saturated heterocycles. The molecule has 6 heteroatoms. The molecule has 0 aliphatic carbocycles. The van der Waals surface area contributed by atoms with Gasteiger partial charge in [-0.1, -0.05) is 48.5 Å². The average Bonchev–Trinajstić information content (AvgIpc) is 3.38. The van der Waals surface area contributed by atoms with E-state index < -0.39 is 17.7 Å². The highest BCUT2D eigenvalue weighted by molar-refractivity contribution is 7.12. The number of rotatable bonds is 7. The smallest absolute Gasteiger partial charge is 0.290 e. The van der Waals surface area contributed by atoms with Crippen LogP contribution in [0.5, 0.6) is 5.75 Å². The van der Waals surface area contributed by atoms with E-state index in [1.807, 2.05) is 61.5 Å². The van der Waals surface area contributed by atoms with Gasteiger partial charge in [-0.05, 0) is 41.6 Å². The number of aliphatic hydroxyl groups is 1. The molecule has 0 radical (unpaired) electrons. The second-order valence-corrected chi connectivity index (χ2v) is 7.84. The summed E-state index contributed by atoms with van der Waals surface area (Å²) >= 11 is 1.29. The van der Waals surface area contributed by atoms with Crippen molar-refractivity contribution in [1.82, 2.24) is 4.90 Å². The van der Waals surface area contributed by atoms with Crippen LogP contribution in [-0.4, -0.2) is 28.3 Å². The van der Waals surface area contributed by atoms with E-state index in [-0.39, 0.29) is 17.9 Å². The maximum Gasteiger partial charge on any atom is 0.290 e. The number of aliphatic hydroxyl groups excluding tert-OH is 1. The third-order valence-electron chi connectivity index (χ3n) is 5.00. The summed E-state index contributed by atoms with van der Waals surface area (Å²) in [6.45, 7) is 2.73. The summed E-state index contributed by atoms with van der Waals surface area (Å²) in [4.78, 5) is 28.2. The number of Topliss-reactive ketones (excluding diaryl/α,β-unsaturated/α-hetero) is 1. The van der Waals surface area contributed by atoms with E-state index in [4.69, 9.17) is 4.74 Å². The number of benzene rings is 2. The van der Waals surface area contributed by atoms with Crippen molar-refractivity contribution in [2.24, 2.45) is 0 Å². The maximum atomic E-state index is 13.2. The van der Waals surface area contributed by atoms with E-state index in [0.717, 1.165) is 11.1 Å². The van der Waals surface area contributed by atoms with Crippen LogP contribution in [0, 0.1) is 0 Å². The van der Waals surface area contributed by atoms with E-state index >= 15 is 0 Å². The molecule has 152 valence electrons. The van der Waals surface area contributed by atoms with E-state index in [2.05, 4.69) is 0 Å². The van der Waals surface area contributed by atoms with Crippen LogP contribution in [0.3, 0.4) is 0 Å². The zero-order chi connectivity index (χ0) is 21.1. The molecule has 3 aromatic rings. The molecule has 0 bridgehead atoms. The molecule has 1 aromatic heterocycles. The van der Waals surface area contributed by atoms with Crippen molar-refractivity contribution in [2.45, 2.75) is 19.5 Å². The Kier molecular flexibility index (Phi) is 5.68. The molecule has 1 aliphatic heterocycles. The minimum absolute atomic E-state index is 0.113. The molecule has 0 saturated carbocycles. The standard InChI is InChI=1S/C24H21NO4S/c1-2-29-18-12-10-17(11-13-18)21-20(22(26)19-9-6-14-30-19)23(27)24(28)25(21)15-16-7-4-3-5-8-16/h3-14,21,27H,2,15H2,1H3. The molecule has 1 atom stereocenters. The number of nitrogens with zero attached hydrogens (tertiary/aromatic N) is 1. The molecule has 0 fully saturated rings. The fourth-order valence-electron chi connectivity index (χ4n) is 3.63. The van der Waals surface area contributed by atoms with Crippen molar-refractivity contribution in [3.05, 3.63) is 99.4 Å². The molecule has 0 spiro atoms. The molecule has 4 rings (SSSR count). The van der Waals surface area contributed by atoms with Crippen LogP contribution in [0.2, 0.25) is 0 Å². The van der Waals surface area contributed by atoms with Gasteiger partial charge in [-0.15, -0.1) is 11.3 Å². The first kappa shape index (κ1) is 19.9. The zero-order valence-electron chi connectivity index (χ0n) is 16.4. The van der Waals surface area contributed by atoms with E-state index in [0.29, 0.717) is 17.2 Å².